The van der Waals surface area contributed by atoms with Crippen molar-refractivity contribution in [3.8, 4) is 11.4 Å². The highest BCUT2D eigenvalue weighted by molar-refractivity contribution is 7.98. The molecule has 0 amide bonds. The molecule has 0 bridgehead atoms. The van der Waals surface area contributed by atoms with Gasteiger partial charge in [-0.3, -0.25) is 4.57 Å². The minimum Gasteiger partial charge on any atom is -0.494 e. The zero-order valence-electron chi connectivity index (χ0n) is 18.2. The number of benzene rings is 3. The Bertz CT molecular complexity index is 1170. The van der Waals surface area contributed by atoms with Crippen LogP contribution in [0.1, 0.15) is 36.5 Å². The maximum absolute atomic E-state index is 6.04. The fourth-order valence-corrected chi connectivity index (χ4v) is 4.52. The fourth-order valence-electron chi connectivity index (χ4n) is 3.41. The van der Waals surface area contributed by atoms with Crippen LogP contribution in [0.4, 0.5) is 0 Å². The highest BCUT2D eigenvalue weighted by Gasteiger charge is 2.15. The van der Waals surface area contributed by atoms with Gasteiger partial charge in [0.25, 0.3) is 0 Å². The number of aromatic nitrogens is 2. The Morgan fingerprint density at radius 3 is 2.39 bits per heavy atom. The van der Waals surface area contributed by atoms with Crippen molar-refractivity contribution in [1.82, 2.24) is 9.55 Å². The Balaban J connectivity index is 1.68. The first-order valence-electron chi connectivity index (χ1n) is 10.7. The second-order valence-corrected chi connectivity index (χ2v) is 9.14. The van der Waals surface area contributed by atoms with Crippen LogP contribution in [0.3, 0.4) is 0 Å². The van der Waals surface area contributed by atoms with Crippen molar-refractivity contribution in [2.24, 2.45) is 0 Å². The summed E-state index contributed by atoms with van der Waals surface area (Å²) in [4.78, 5) is 4.98. The van der Waals surface area contributed by atoms with E-state index in [4.69, 9.17) is 21.3 Å². The van der Waals surface area contributed by atoms with Gasteiger partial charge in [-0.1, -0.05) is 48.8 Å². The average molecular weight is 451 g/mol. The lowest BCUT2D eigenvalue weighted by Gasteiger charge is -2.11. The first-order valence-corrected chi connectivity index (χ1v) is 12.0. The highest BCUT2D eigenvalue weighted by atomic mass is 35.5. The maximum atomic E-state index is 6.04. The SMILES string of the molecule is CCCCOc1ccc(-n2c(SCc3ccc(Cl)cc3)nc3cc(C)c(C)cc32)cc1. The summed E-state index contributed by atoms with van der Waals surface area (Å²) in [6, 6.07) is 20.7. The standard InChI is InChI=1S/C26H27ClN2OS/c1-4-5-14-30-23-12-10-22(11-13-23)29-25-16-19(3)18(2)15-24(25)28-26(29)31-17-20-6-8-21(27)9-7-20/h6-13,15-16H,4-5,14,17H2,1-3H3. The van der Waals surface area contributed by atoms with Crippen molar-refractivity contribution in [2.45, 2.75) is 44.5 Å². The lowest BCUT2D eigenvalue weighted by Crippen LogP contribution is -1.99. The van der Waals surface area contributed by atoms with E-state index in [1.807, 2.05) is 24.3 Å². The van der Waals surface area contributed by atoms with Gasteiger partial charge in [0.1, 0.15) is 5.75 Å². The summed E-state index contributed by atoms with van der Waals surface area (Å²) in [5.74, 6) is 1.74. The van der Waals surface area contributed by atoms with E-state index in [1.54, 1.807) is 11.8 Å². The molecule has 0 spiro atoms. The Morgan fingerprint density at radius 1 is 0.968 bits per heavy atom. The summed E-state index contributed by atoms with van der Waals surface area (Å²) in [6.07, 6.45) is 2.20. The summed E-state index contributed by atoms with van der Waals surface area (Å²) in [6.45, 7) is 7.21. The quantitative estimate of drug-likeness (QED) is 0.202. The number of nitrogens with zero attached hydrogens (tertiary/aromatic N) is 2. The number of rotatable bonds is 8. The number of hydrogen-bond donors (Lipinski definition) is 0. The van der Waals surface area contributed by atoms with Crippen LogP contribution in [-0.2, 0) is 5.75 Å². The van der Waals surface area contributed by atoms with Gasteiger partial charge in [-0.05, 0) is 85.5 Å². The fraction of sp³-hybridized carbons (Fsp3) is 0.269. The normalized spacial score (nSPS) is 11.2. The largest absolute Gasteiger partial charge is 0.494 e. The molecule has 160 valence electrons. The number of hydrogen-bond acceptors (Lipinski definition) is 3. The lowest BCUT2D eigenvalue weighted by molar-refractivity contribution is 0.309. The first kappa shape index (κ1) is 21.8. The summed E-state index contributed by atoms with van der Waals surface area (Å²) in [5.41, 5.74) is 6.98. The van der Waals surface area contributed by atoms with Gasteiger partial charge in [-0.15, -0.1) is 0 Å². The van der Waals surface area contributed by atoms with Crippen molar-refractivity contribution >= 4 is 34.4 Å². The van der Waals surface area contributed by atoms with Crippen LogP contribution in [0.2, 0.25) is 5.02 Å². The molecule has 31 heavy (non-hydrogen) atoms. The molecule has 0 saturated carbocycles. The predicted molar refractivity (Wildman–Crippen MR) is 132 cm³/mol. The van der Waals surface area contributed by atoms with Gasteiger partial charge in [0.2, 0.25) is 0 Å². The third-order valence-electron chi connectivity index (χ3n) is 5.38. The van der Waals surface area contributed by atoms with Gasteiger partial charge in [0.05, 0.1) is 17.6 Å². The number of thioether (sulfide) groups is 1. The van der Waals surface area contributed by atoms with Crippen molar-refractivity contribution in [2.75, 3.05) is 6.61 Å². The number of halogens is 1. The summed E-state index contributed by atoms with van der Waals surface area (Å²) in [5, 5.41) is 1.74. The third-order valence-corrected chi connectivity index (χ3v) is 6.64. The highest BCUT2D eigenvalue weighted by Crippen LogP contribution is 2.32. The second-order valence-electron chi connectivity index (χ2n) is 7.77. The predicted octanol–water partition coefficient (Wildman–Crippen LogP) is 7.77. The van der Waals surface area contributed by atoms with Crippen LogP contribution in [-0.4, -0.2) is 16.2 Å². The van der Waals surface area contributed by atoms with E-state index in [0.717, 1.165) is 57.9 Å². The molecule has 0 aliphatic carbocycles. The number of fused-ring (bicyclic) bond motifs is 1. The van der Waals surface area contributed by atoms with Crippen LogP contribution in [0.25, 0.3) is 16.7 Å². The molecule has 4 rings (SSSR count). The molecule has 0 saturated heterocycles. The molecular formula is C26H27ClN2OS. The Kier molecular flexibility index (Phi) is 6.89. The van der Waals surface area contributed by atoms with Crippen LogP contribution < -0.4 is 4.74 Å². The molecule has 0 atom stereocenters. The Labute approximate surface area is 193 Å². The number of unbranched alkanes of at least 4 members (excludes halogenated alkanes) is 1. The summed E-state index contributed by atoms with van der Waals surface area (Å²) >= 11 is 7.77. The smallest absolute Gasteiger partial charge is 0.174 e. The zero-order valence-corrected chi connectivity index (χ0v) is 19.8. The molecular weight excluding hydrogens is 424 g/mol. The maximum Gasteiger partial charge on any atom is 0.174 e. The molecule has 1 heterocycles. The van der Waals surface area contributed by atoms with Crippen molar-refractivity contribution in [3.63, 3.8) is 0 Å². The van der Waals surface area contributed by atoms with Crippen molar-refractivity contribution in [3.05, 3.63) is 82.4 Å². The average Bonchev–Trinajstić information content (AvgIpc) is 3.11. The molecule has 3 nitrogen and oxygen atoms in total. The third kappa shape index (κ3) is 5.08. The first-order chi connectivity index (χ1) is 15.0. The van der Waals surface area contributed by atoms with Gasteiger partial charge < -0.3 is 4.74 Å². The number of aryl methyl sites for hydroxylation is 2. The summed E-state index contributed by atoms with van der Waals surface area (Å²) < 4.78 is 8.09. The number of imidazole rings is 1. The van der Waals surface area contributed by atoms with Gasteiger partial charge in [-0.2, -0.15) is 0 Å². The second kappa shape index (κ2) is 9.80. The Hall–Kier alpha value is -2.43. The monoisotopic (exact) mass is 450 g/mol. The topological polar surface area (TPSA) is 27.1 Å². The van der Waals surface area contributed by atoms with E-state index in [1.165, 1.54) is 16.7 Å². The molecule has 0 fully saturated rings. The molecule has 0 aliphatic rings. The zero-order chi connectivity index (χ0) is 21.8. The van der Waals surface area contributed by atoms with E-state index in [2.05, 4.69) is 61.7 Å². The lowest BCUT2D eigenvalue weighted by atomic mass is 10.1. The van der Waals surface area contributed by atoms with Crippen molar-refractivity contribution in [1.29, 1.82) is 0 Å². The summed E-state index contributed by atoms with van der Waals surface area (Å²) in [7, 11) is 0. The minimum atomic E-state index is 0.754. The molecule has 5 heteroatoms. The van der Waals surface area contributed by atoms with E-state index in [0.29, 0.717) is 0 Å². The molecule has 0 aliphatic heterocycles. The minimum absolute atomic E-state index is 0.754. The van der Waals surface area contributed by atoms with Gasteiger partial charge in [0.15, 0.2) is 5.16 Å². The van der Waals surface area contributed by atoms with E-state index in [9.17, 15) is 0 Å². The van der Waals surface area contributed by atoms with Crippen LogP contribution in [0.15, 0.2) is 65.8 Å². The van der Waals surface area contributed by atoms with E-state index in [-0.39, 0.29) is 0 Å². The van der Waals surface area contributed by atoms with Gasteiger partial charge in [-0.25, -0.2) is 4.98 Å². The molecule has 4 aromatic rings. The van der Waals surface area contributed by atoms with E-state index >= 15 is 0 Å². The molecule has 3 aromatic carbocycles. The molecule has 0 radical (unpaired) electrons. The van der Waals surface area contributed by atoms with Crippen LogP contribution in [0.5, 0.6) is 5.75 Å². The van der Waals surface area contributed by atoms with Gasteiger partial charge in [0, 0.05) is 16.5 Å². The number of ether oxygens (including phenoxy) is 1. The van der Waals surface area contributed by atoms with Gasteiger partial charge >= 0.3 is 0 Å². The van der Waals surface area contributed by atoms with E-state index < -0.39 is 0 Å². The molecule has 0 N–H and O–H groups in total. The van der Waals surface area contributed by atoms with Crippen LogP contribution in [0, 0.1) is 13.8 Å². The Morgan fingerprint density at radius 2 is 1.68 bits per heavy atom. The molecule has 1 aromatic heterocycles. The molecule has 0 unspecified atom stereocenters. The van der Waals surface area contributed by atoms with Crippen molar-refractivity contribution < 1.29 is 4.74 Å². The van der Waals surface area contributed by atoms with Crippen LogP contribution >= 0.6 is 23.4 Å².